The molecular weight excluding hydrogens is 324 g/mol. The lowest BCUT2D eigenvalue weighted by atomic mass is 10.2. The zero-order chi connectivity index (χ0) is 18.2. The van der Waals surface area contributed by atoms with E-state index in [9.17, 15) is 14.9 Å². The first kappa shape index (κ1) is 18.0. The highest BCUT2D eigenvalue weighted by Gasteiger charge is 2.12. The van der Waals surface area contributed by atoms with Crippen molar-refractivity contribution in [1.82, 2.24) is 0 Å². The van der Waals surface area contributed by atoms with Crippen molar-refractivity contribution in [3.63, 3.8) is 0 Å². The highest BCUT2D eigenvalue weighted by molar-refractivity contribution is 6.03. The van der Waals surface area contributed by atoms with Crippen LogP contribution in [0.5, 0.6) is 11.5 Å². The molecule has 25 heavy (non-hydrogen) atoms. The van der Waals surface area contributed by atoms with Crippen molar-refractivity contribution in [3.8, 4) is 11.5 Å². The summed E-state index contributed by atoms with van der Waals surface area (Å²) >= 11 is 0. The quantitative estimate of drug-likeness (QED) is 0.471. The van der Waals surface area contributed by atoms with Gasteiger partial charge >= 0.3 is 0 Å². The molecule has 2 rings (SSSR count). The van der Waals surface area contributed by atoms with Gasteiger partial charge in [-0.25, -0.2) is 0 Å². The van der Waals surface area contributed by atoms with Gasteiger partial charge in [0, 0.05) is 23.8 Å². The predicted octanol–water partition coefficient (Wildman–Crippen LogP) is 3.65. The van der Waals surface area contributed by atoms with E-state index in [0.717, 1.165) is 5.56 Å². The summed E-state index contributed by atoms with van der Waals surface area (Å²) in [6, 6.07) is 11.3. The van der Waals surface area contributed by atoms with E-state index in [-0.39, 0.29) is 11.4 Å². The van der Waals surface area contributed by atoms with Crippen LogP contribution >= 0.6 is 0 Å². The number of carbonyl (C=O) groups is 1. The minimum atomic E-state index is -0.538. The molecule has 1 N–H and O–H groups in total. The Labute approximate surface area is 145 Å². The van der Waals surface area contributed by atoms with Crippen LogP contribution in [0.1, 0.15) is 12.5 Å². The minimum absolute atomic E-state index is 0.137. The van der Waals surface area contributed by atoms with Gasteiger partial charge in [-0.3, -0.25) is 14.9 Å². The van der Waals surface area contributed by atoms with Crippen LogP contribution in [0, 0.1) is 10.1 Å². The van der Waals surface area contributed by atoms with Crippen LogP contribution in [-0.4, -0.2) is 24.5 Å². The first-order valence-corrected chi connectivity index (χ1v) is 7.58. The number of methoxy groups -OCH3 is 1. The minimum Gasteiger partial charge on any atom is -0.495 e. The summed E-state index contributed by atoms with van der Waals surface area (Å²) in [6.45, 7) is 2.39. The van der Waals surface area contributed by atoms with E-state index >= 15 is 0 Å². The second-order valence-corrected chi connectivity index (χ2v) is 4.94. The molecule has 0 fully saturated rings. The molecule has 0 atom stereocenters. The van der Waals surface area contributed by atoms with E-state index in [1.807, 2.05) is 31.2 Å². The molecule has 0 saturated carbocycles. The zero-order valence-electron chi connectivity index (χ0n) is 13.9. The molecule has 0 heterocycles. The number of nitro benzene ring substituents is 1. The molecule has 2 aromatic carbocycles. The number of nitrogens with zero attached hydrogens (tertiary/aromatic N) is 1. The highest BCUT2D eigenvalue weighted by atomic mass is 16.6. The third-order valence-corrected chi connectivity index (χ3v) is 3.28. The summed E-state index contributed by atoms with van der Waals surface area (Å²) in [5, 5.41) is 13.5. The maximum Gasteiger partial charge on any atom is 0.271 e. The molecule has 0 unspecified atom stereocenters. The lowest BCUT2D eigenvalue weighted by Crippen LogP contribution is -2.09. The van der Waals surface area contributed by atoms with Gasteiger partial charge < -0.3 is 14.8 Å². The lowest BCUT2D eigenvalue weighted by Gasteiger charge is -2.09. The average molecular weight is 342 g/mol. The fourth-order valence-electron chi connectivity index (χ4n) is 2.15. The molecule has 1 amide bonds. The Morgan fingerprint density at radius 3 is 2.68 bits per heavy atom. The van der Waals surface area contributed by atoms with E-state index < -0.39 is 10.8 Å². The van der Waals surface area contributed by atoms with Crippen LogP contribution in [0.3, 0.4) is 0 Å². The fraction of sp³-hybridized carbons (Fsp3) is 0.167. The smallest absolute Gasteiger partial charge is 0.271 e. The predicted molar refractivity (Wildman–Crippen MR) is 94.9 cm³/mol. The molecule has 2 aromatic rings. The van der Waals surface area contributed by atoms with Crippen LogP contribution < -0.4 is 14.8 Å². The van der Waals surface area contributed by atoms with Gasteiger partial charge in [0.1, 0.15) is 11.5 Å². The molecule has 130 valence electrons. The highest BCUT2D eigenvalue weighted by Crippen LogP contribution is 2.29. The Morgan fingerprint density at radius 2 is 2.00 bits per heavy atom. The SMILES string of the molecule is CCOc1ccccc1C=CC(=O)Nc1cc([N+](=O)[O-])ccc1OC. The van der Waals surface area contributed by atoms with E-state index in [1.54, 1.807) is 6.08 Å². The zero-order valence-corrected chi connectivity index (χ0v) is 13.9. The number of ether oxygens (including phenoxy) is 2. The van der Waals surface area contributed by atoms with Crippen LogP contribution in [0.25, 0.3) is 6.08 Å². The summed E-state index contributed by atoms with van der Waals surface area (Å²) < 4.78 is 10.6. The van der Waals surface area contributed by atoms with Gasteiger partial charge in [0.25, 0.3) is 5.69 Å². The fourth-order valence-corrected chi connectivity index (χ4v) is 2.15. The molecule has 0 spiro atoms. The third-order valence-electron chi connectivity index (χ3n) is 3.28. The summed E-state index contributed by atoms with van der Waals surface area (Å²) in [7, 11) is 1.42. The number of hydrogen-bond acceptors (Lipinski definition) is 5. The van der Waals surface area contributed by atoms with Crippen molar-refractivity contribution in [2.24, 2.45) is 0 Å². The first-order valence-electron chi connectivity index (χ1n) is 7.58. The standard InChI is InChI=1S/C18H18N2O5/c1-3-25-16-7-5-4-6-13(16)8-11-18(21)19-15-12-14(20(22)23)9-10-17(15)24-2/h4-12H,3H2,1-2H3,(H,19,21). The van der Waals surface area contributed by atoms with Crippen molar-refractivity contribution < 1.29 is 19.2 Å². The number of anilines is 1. The maximum absolute atomic E-state index is 12.1. The summed E-state index contributed by atoms with van der Waals surface area (Å²) in [4.78, 5) is 22.5. The number of amides is 1. The van der Waals surface area contributed by atoms with Crippen LogP contribution in [-0.2, 0) is 4.79 Å². The Hall–Kier alpha value is -3.35. The average Bonchev–Trinajstić information content (AvgIpc) is 2.61. The van der Waals surface area contributed by atoms with E-state index in [2.05, 4.69) is 5.32 Å². The van der Waals surface area contributed by atoms with Crippen LogP contribution in [0.4, 0.5) is 11.4 Å². The van der Waals surface area contributed by atoms with Crippen molar-refractivity contribution in [2.75, 3.05) is 19.0 Å². The Morgan fingerprint density at radius 1 is 1.24 bits per heavy atom. The van der Waals surface area contributed by atoms with Crippen molar-refractivity contribution in [3.05, 3.63) is 64.2 Å². The monoisotopic (exact) mass is 342 g/mol. The summed E-state index contributed by atoms with van der Waals surface area (Å²) in [6.07, 6.45) is 2.94. The molecule has 0 bridgehead atoms. The van der Waals surface area contributed by atoms with Gasteiger partial charge in [-0.05, 0) is 25.1 Å². The van der Waals surface area contributed by atoms with Gasteiger partial charge in [0.15, 0.2) is 0 Å². The lowest BCUT2D eigenvalue weighted by molar-refractivity contribution is -0.384. The summed E-state index contributed by atoms with van der Waals surface area (Å²) in [5.74, 6) is 0.564. The van der Waals surface area contributed by atoms with E-state index in [1.165, 1.54) is 31.4 Å². The van der Waals surface area contributed by atoms with Gasteiger partial charge in [0.05, 0.1) is 24.3 Å². The Kier molecular flexibility index (Phi) is 6.11. The summed E-state index contributed by atoms with van der Waals surface area (Å²) in [5.41, 5.74) is 0.844. The van der Waals surface area contributed by atoms with Gasteiger partial charge in [-0.1, -0.05) is 18.2 Å². The second kappa shape index (κ2) is 8.49. The Bertz CT molecular complexity index is 802. The molecule has 0 radical (unpaired) electrons. The largest absolute Gasteiger partial charge is 0.495 e. The number of para-hydroxylation sites is 1. The van der Waals surface area contributed by atoms with Crippen molar-refractivity contribution in [1.29, 1.82) is 0 Å². The molecule has 0 aromatic heterocycles. The first-order chi connectivity index (χ1) is 12.0. The third kappa shape index (κ3) is 4.81. The number of nitrogens with one attached hydrogen (secondary N) is 1. The van der Waals surface area contributed by atoms with E-state index in [0.29, 0.717) is 18.1 Å². The van der Waals surface area contributed by atoms with Crippen LogP contribution in [0.2, 0.25) is 0 Å². The molecular formula is C18H18N2O5. The molecule has 7 nitrogen and oxygen atoms in total. The number of carbonyl (C=O) groups excluding carboxylic acids is 1. The molecule has 7 heteroatoms. The molecule has 0 saturated heterocycles. The maximum atomic E-state index is 12.1. The number of rotatable bonds is 7. The van der Waals surface area contributed by atoms with Crippen LogP contribution in [0.15, 0.2) is 48.5 Å². The molecule has 0 aliphatic heterocycles. The second-order valence-electron chi connectivity index (χ2n) is 4.94. The molecule has 0 aliphatic rings. The topological polar surface area (TPSA) is 90.7 Å². The number of hydrogen-bond donors (Lipinski definition) is 1. The Balaban J connectivity index is 2.17. The van der Waals surface area contributed by atoms with Crippen molar-refractivity contribution >= 4 is 23.4 Å². The molecule has 0 aliphatic carbocycles. The number of nitro groups is 1. The van der Waals surface area contributed by atoms with Gasteiger partial charge in [0.2, 0.25) is 5.91 Å². The normalized spacial score (nSPS) is 10.5. The van der Waals surface area contributed by atoms with Crippen molar-refractivity contribution in [2.45, 2.75) is 6.92 Å². The number of benzene rings is 2. The van der Waals surface area contributed by atoms with Gasteiger partial charge in [-0.15, -0.1) is 0 Å². The van der Waals surface area contributed by atoms with E-state index in [4.69, 9.17) is 9.47 Å². The van der Waals surface area contributed by atoms with Gasteiger partial charge in [-0.2, -0.15) is 0 Å². The number of non-ortho nitro benzene ring substituents is 1.